The number of carbonyl (C=O) groups excluding carboxylic acids is 1. The summed E-state index contributed by atoms with van der Waals surface area (Å²) in [6, 6.07) is 16.6. The zero-order valence-electron chi connectivity index (χ0n) is 18.4. The number of halogens is 2. The van der Waals surface area contributed by atoms with Gasteiger partial charge in [0.25, 0.3) is 10.0 Å². The molecule has 9 heteroatoms. The second-order valence-electron chi connectivity index (χ2n) is 7.48. The predicted molar refractivity (Wildman–Crippen MR) is 129 cm³/mol. The Labute approximate surface area is 201 Å². The monoisotopic (exact) mass is 534 g/mol. The van der Waals surface area contributed by atoms with Crippen molar-refractivity contribution in [3.63, 3.8) is 0 Å². The molecule has 6 nitrogen and oxygen atoms in total. The molecule has 0 radical (unpaired) electrons. The van der Waals surface area contributed by atoms with Crippen molar-refractivity contribution in [3.05, 3.63) is 88.1 Å². The van der Waals surface area contributed by atoms with Gasteiger partial charge in [-0.05, 0) is 77.8 Å². The Hall–Kier alpha value is -2.91. The van der Waals surface area contributed by atoms with Gasteiger partial charge in [-0.25, -0.2) is 12.8 Å². The highest BCUT2D eigenvalue weighted by molar-refractivity contribution is 9.10. The third-order valence-corrected chi connectivity index (χ3v) is 7.46. The van der Waals surface area contributed by atoms with Crippen LogP contribution in [0.5, 0.6) is 5.75 Å². The lowest BCUT2D eigenvalue weighted by Crippen LogP contribution is -2.41. The van der Waals surface area contributed by atoms with Crippen LogP contribution in [0.4, 0.5) is 10.1 Å². The first kappa shape index (κ1) is 24.7. The van der Waals surface area contributed by atoms with E-state index in [0.29, 0.717) is 21.5 Å². The molecule has 3 aromatic rings. The first-order chi connectivity index (χ1) is 15.6. The highest BCUT2D eigenvalue weighted by atomic mass is 79.9. The van der Waals surface area contributed by atoms with Crippen LogP contribution in [0.1, 0.15) is 24.1 Å². The molecule has 0 aliphatic heterocycles. The highest BCUT2D eigenvalue weighted by Crippen LogP contribution is 2.31. The van der Waals surface area contributed by atoms with Crippen LogP contribution in [0.15, 0.2) is 76.1 Å². The average molecular weight is 535 g/mol. The number of hydrogen-bond acceptors (Lipinski definition) is 4. The maximum Gasteiger partial charge on any atom is 0.264 e. The van der Waals surface area contributed by atoms with E-state index in [1.165, 1.54) is 31.4 Å². The fourth-order valence-electron chi connectivity index (χ4n) is 3.21. The first-order valence-corrected chi connectivity index (χ1v) is 12.3. The topological polar surface area (TPSA) is 75.7 Å². The second kappa shape index (κ2) is 10.4. The lowest BCUT2D eigenvalue weighted by molar-refractivity contribution is -0.120. The number of ether oxygens (including phenoxy) is 1. The van der Waals surface area contributed by atoms with Gasteiger partial charge in [0.1, 0.15) is 18.1 Å². The van der Waals surface area contributed by atoms with Gasteiger partial charge in [-0.1, -0.05) is 29.8 Å². The van der Waals surface area contributed by atoms with Crippen LogP contribution in [0.25, 0.3) is 0 Å². The molecule has 0 aliphatic carbocycles. The van der Waals surface area contributed by atoms with E-state index in [1.807, 2.05) is 6.92 Å². The third kappa shape index (κ3) is 5.91. The fourth-order valence-corrected chi connectivity index (χ4v) is 5.35. The first-order valence-electron chi connectivity index (χ1n) is 10.1. The lowest BCUT2D eigenvalue weighted by atomic mass is 10.1. The molecule has 0 aromatic heterocycles. The molecule has 1 N–H and O–H groups in total. The molecule has 0 spiro atoms. The van der Waals surface area contributed by atoms with Crippen LogP contribution in [0.2, 0.25) is 0 Å². The van der Waals surface area contributed by atoms with Gasteiger partial charge >= 0.3 is 0 Å². The SMILES string of the molecule is COc1ccc(S(=O)(=O)N(CC(=O)N[C@@H](C)c2ccc(F)cc2)c2ccc(C)cc2)cc1Br. The van der Waals surface area contributed by atoms with Gasteiger partial charge in [0, 0.05) is 0 Å². The fraction of sp³-hybridized carbons (Fsp3) is 0.208. The molecule has 33 heavy (non-hydrogen) atoms. The van der Waals surface area contributed by atoms with Gasteiger partial charge in [-0.3, -0.25) is 9.10 Å². The molecule has 3 aromatic carbocycles. The third-order valence-electron chi connectivity index (χ3n) is 5.07. The Morgan fingerprint density at radius 1 is 1.09 bits per heavy atom. The van der Waals surface area contributed by atoms with E-state index in [9.17, 15) is 17.6 Å². The number of nitrogens with one attached hydrogen (secondary N) is 1. The summed E-state index contributed by atoms with van der Waals surface area (Å²) in [4.78, 5) is 12.9. The lowest BCUT2D eigenvalue weighted by Gasteiger charge is -2.25. The van der Waals surface area contributed by atoms with Crippen LogP contribution in [-0.2, 0) is 14.8 Å². The van der Waals surface area contributed by atoms with Crippen LogP contribution < -0.4 is 14.4 Å². The second-order valence-corrected chi connectivity index (χ2v) is 10.2. The van der Waals surface area contributed by atoms with Gasteiger partial charge < -0.3 is 10.1 Å². The van der Waals surface area contributed by atoms with E-state index in [4.69, 9.17) is 4.74 Å². The van der Waals surface area contributed by atoms with Crippen LogP contribution in [-0.4, -0.2) is 28.0 Å². The average Bonchev–Trinajstić information content (AvgIpc) is 2.78. The minimum atomic E-state index is -4.08. The summed E-state index contributed by atoms with van der Waals surface area (Å²) in [6.45, 7) is 3.21. The summed E-state index contributed by atoms with van der Waals surface area (Å²) >= 11 is 3.32. The number of nitrogens with zero attached hydrogens (tertiary/aromatic N) is 1. The summed E-state index contributed by atoms with van der Waals surface area (Å²) in [7, 11) is -2.59. The van der Waals surface area contributed by atoms with E-state index in [-0.39, 0.29) is 10.7 Å². The molecule has 1 amide bonds. The van der Waals surface area contributed by atoms with Crippen LogP contribution in [0, 0.1) is 12.7 Å². The molecular weight excluding hydrogens is 511 g/mol. The molecule has 0 unspecified atom stereocenters. The van der Waals surface area contributed by atoms with Gasteiger partial charge in [0.15, 0.2) is 0 Å². The minimum Gasteiger partial charge on any atom is -0.496 e. The summed E-state index contributed by atoms with van der Waals surface area (Å²) in [5.74, 6) is -0.384. The Morgan fingerprint density at radius 3 is 2.30 bits per heavy atom. The standard InChI is InChI=1S/C24H24BrFN2O4S/c1-16-4-10-20(11-5-16)28(33(30,31)21-12-13-23(32-3)22(25)14-21)15-24(29)27-17(2)18-6-8-19(26)9-7-18/h4-14,17H,15H2,1-3H3,(H,27,29)/t17-/m0/s1. The number of aryl methyl sites for hydroxylation is 1. The summed E-state index contributed by atoms with van der Waals surface area (Å²) in [5.41, 5.74) is 2.02. The molecule has 0 heterocycles. The molecular formula is C24H24BrFN2O4S. The Balaban J connectivity index is 1.91. The number of anilines is 1. The van der Waals surface area contributed by atoms with Gasteiger partial charge in [0.05, 0.1) is 28.2 Å². The summed E-state index contributed by atoms with van der Waals surface area (Å²) < 4.78 is 47.0. The number of hydrogen-bond donors (Lipinski definition) is 1. The number of methoxy groups -OCH3 is 1. The Morgan fingerprint density at radius 2 is 1.73 bits per heavy atom. The van der Waals surface area contributed by atoms with Gasteiger partial charge in [-0.2, -0.15) is 0 Å². The largest absolute Gasteiger partial charge is 0.496 e. The highest BCUT2D eigenvalue weighted by Gasteiger charge is 2.28. The summed E-state index contributed by atoms with van der Waals surface area (Å²) in [5, 5.41) is 2.78. The summed E-state index contributed by atoms with van der Waals surface area (Å²) in [6.07, 6.45) is 0. The van der Waals surface area contributed by atoms with Gasteiger partial charge in [0.2, 0.25) is 5.91 Å². The molecule has 1 atom stereocenters. The number of carbonyl (C=O) groups is 1. The Kier molecular flexibility index (Phi) is 7.76. The van der Waals surface area contributed by atoms with Crippen molar-refractivity contribution in [2.24, 2.45) is 0 Å². The van der Waals surface area contributed by atoms with E-state index < -0.39 is 28.5 Å². The maximum absolute atomic E-state index is 13.5. The normalized spacial score (nSPS) is 12.2. The van der Waals surface area contributed by atoms with E-state index in [1.54, 1.807) is 49.4 Å². The molecule has 0 saturated heterocycles. The number of amides is 1. The molecule has 0 fully saturated rings. The minimum absolute atomic E-state index is 0.00938. The van der Waals surface area contributed by atoms with E-state index in [2.05, 4.69) is 21.2 Å². The van der Waals surface area contributed by atoms with Crippen molar-refractivity contribution in [1.29, 1.82) is 0 Å². The van der Waals surface area contributed by atoms with Crippen molar-refractivity contribution in [1.82, 2.24) is 5.32 Å². The molecule has 0 bridgehead atoms. The van der Waals surface area contributed by atoms with Crippen LogP contribution in [0.3, 0.4) is 0 Å². The van der Waals surface area contributed by atoms with Crippen molar-refractivity contribution in [3.8, 4) is 5.75 Å². The van der Waals surface area contributed by atoms with Crippen molar-refractivity contribution < 1.29 is 22.3 Å². The number of benzene rings is 3. The smallest absolute Gasteiger partial charge is 0.264 e. The van der Waals surface area contributed by atoms with E-state index >= 15 is 0 Å². The van der Waals surface area contributed by atoms with Crippen molar-refractivity contribution in [2.45, 2.75) is 24.8 Å². The number of rotatable bonds is 8. The maximum atomic E-state index is 13.5. The molecule has 0 aliphatic rings. The van der Waals surface area contributed by atoms with Gasteiger partial charge in [-0.15, -0.1) is 0 Å². The zero-order chi connectivity index (χ0) is 24.2. The van der Waals surface area contributed by atoms with Crippen molar-refractivity contribution in [2.75, 3.05) is 18.0 Å². The Bertz CT molecular complexity index is 1230. The van der Waals surface area contributed by atoms with Crippen LogP contribution >= 0.6 is 15.9 Å². The molecule has 0 saturated carbocycles. The zero-order valence-corrected chi connectivity index (χ0v) is 20.8. The number of sulfonamides is 1. The predicted octanol–water partition coefficient (Wildman–Crippen LogP) is 4.98. The quantitative estimate of drug-likeness (QED) is 0.442. The molecule has 174 valence electrons. The van der Waals surface area contributed by atoms with Crippen molar-refractivity contribution >= 4 is 37.5 Å². The van der Waals surface area contributed by atoms with E-state index in [0.717, 1.165) is 9.87 Å². The molecule has 3 rings (SSSR count).